The topological polar surface area (TPSA) is 68.6 Å². The van der Waals surface area contributed by atoms with Gasteiger partial charge in [0.25, 0.3) is 5.56 Å². The smallest absolute Gasteiger partial charge is 0.381 e. The third-order valence-electron chi connectivity index (χ3n) is 6.88. The van der Waals surface area contributed by atoms with Crippen molar-refractivity contribution in [1.82, 2.24) is 9.55 Å². The van der Waals surface area contributed by atoms with Crippen LogP contribution in [0.2, 0.25) is 0 Å². The van der Waals surface area contributed by atoms with Crippen LogP contribution >= 0.6 is 0 Å². The monoisotopic (exact) mass is 430 g/mol. The fraction of sp³-hybridized carbons (Fsp3) is 0.800. The first-order chi connectivity index (χ1) is 14.4. The third-order valence-corrected chi connectivity index (χ3v) is 6.88. The number of nitrogens with zero attached hydrogens (tertiary/aromatic N) is 3. The summed E-state index contributed by atoms with van der Waals surface area (Å²) in [5, 5.41) is 3.14. The molecule has 4 aliphatic rings. The van der Waals surface area contributed by atoms with Gasteiger partial charge in [-0.2, -0.15) is 18.2 Å². The molecule has 3 aliphatic heterocycles. The number of rotatable bonds is 5. The Labute approximate surface area is 174 Å². The maximum absolute atomic E-state index is 13.8. The van der Waals surface area contributed by atoms with Gasteiger partial charge in [0.15, 0.2) is 0 Å². The van der Waals surface area contributed by atoms with Gasteiger partial charge in [-0.3, -0.25) is 9.36 Å². The number of halogens is 3. The molecule has 7 nitrogen and oxygen atoms in total. The Bertz CT molecular complexity index is 846. The number of alkyl halides is 3. The van der Waals surface area contributed by atoms with Gasteiger partial charge in [-0.1, -0.05) is 0 Å². The number of hydrogen-bond donors (Lipinski definition) is 1. The lowest BCUT2D eigenvalue weighted by Gasteiger charge is -2.41. The average Bonchev–Trinajstić information content (AvgIpc) is 3.38. The van der Waals surface area contributed by atoms with E-state index in [4.69, 9.17) is 9.47 Å². The summed E-state index contributed by atoms with van der Waals surface area (Å²) in [6.07, 6.45) is -1.85. The van der Waals surface area contributed by atoms with Crippen LogP contribution < -0.4 is 15.8 Å². The Kier molecular flexibility index (Phi) is 5.17. The second-order valence-corrected chi connectivity index (χ2v) is 8.90. The van der Waals surface area contributed by atoms with E-state index in [1.807, 2.05) is 0 Å². The van der Waals surface area contributed by atoms with E-state index in [1.54, 1.807) is 0 Å². The predicted octanol–water partition coefficient (Wildman–Crippen LogP) is 2.50. The van der Waals surface area contributed by atoms with E-state index in [2.05, 4.69) is 10.3 Å². The Morgan fingerprint density at radius 2 is 2.07 bits per heavy atom. The van der Waals surface area contributed by atoms with E-state index in [-0.39, 0.29) is 44.5 Å². The molecule has 3 fully saturated rings. The highest BCUT2D eigenvalue weighted by Crippen LogP contribution is 2.48. The summed E-state index contributed by atoms with van der Waals surface area (Å²) in [5.41, 5.74) is -0.322. The first-order valence-electron chi connectivity index (χ1n) is 10.8. The standard InChI is InChI=1S/C20H27F3N4O3.H2/c21-20(22,23)16-1-4-26-18(28)8-17(24-9-15-14-7-13(14)11-30-15)25-19(26)27(16)10-12-2-5-29-6-3-12;/h8,12-16,24H,1-7,9-11H2;1H/t13?,14?,15-,16+;/m1./s1. The second-order valence-electron chi connectivity index (χ2n) is 8.90. The number of nitrogens with one attached hydrogen (secondary N) is 1. The molecule has 168 valence electrons. The maximum Gasteiger partial charge on any atom is 0.408 e. The average molecular weight is 430 g/mol. The van der Waals surface area contributed by atoms with Gasteiger partial charge >= 0.3 is 6.18 Å². The molecule has 1 aromatic rings. The number of aromatic nitrogens is 2. The molecule has 0 bridgehead atoms. The van der Waals surface area contributed by atoms with Gasteiger partial charge in [-0.25, -0.2) is 0 Å². The summed E-state index contributed by atoms with van der Waals surface area (Å²) in [6, 6.07) is -0.253. The van der Waals surface area contributed by atoms with Crippen molar-refractivity contribution in [2.75, 3.05) is 43.1 Å². The van der Waals surface area contributed by atoms with Crippen LogP contribution in [0.15, 0.2) is 10.9 Å². The molecule has 1 aromatic heterocycles. The Hall–Kier alpha value is -1.81. The minimum Gasteiger partial charge on any atom is -0.381 e. The van der Waals surface area contributed by atoms with Crippen molar-refractivity contribution >= 4 is 11.8 Å². The second kappa shape index (κ2) is 7.71. The molecule has 1 saturated carbocycles. The summed E-state index contributed by atoms with van der Waals surface area (Å²) >= 11 is 0. The van der Waals surface area contributed by atoms with Crippen molar-refractivity contribution in [3.63, 3.8) is 0 Å². The summed E-state index contributed by atoms with van der Waals surface area (Å²) in [7, 11) is 0. The van der Waals surface area contributed by atoms with E-state index in [9.17, 15) is 18.0 Å². The predicted molar refractivity (Wildman–Crippen MR) is 106 cm³/mol. The van der Waals surface area contributed by atoms with Crippen LogP contribution in [0, 0.1) is 17.8 Å². The lowest BCUT2D eigenvalue weighted by molar-refractivity contribution is -0.153. The molecule has 2 unspecified atom stereocenters. The van der Waals surface area contributed by atoms with Crippen molar-refractivity contribution in [3.05, 3.63) is 16.4 Å². The molecule has 0 aromatic carbocycles. The minimum atomic E-state index is -4.38. The molecule has 4 heterocycles. The Morgan fingerprint density at radius 1 is 1.27 bits per heavy atom. The quantitative estimate of drug-likeness (QED) is 0.774. The zero-order valence-corrected chi connectivity index (χ0v) is 16.7. The van der Waals surface area contributed by atoms with Crippen LogP contribution in [0.4, 0.5) is 24.9 Å². The SMILES string of the molecule is O=c1cc(NC[C@H]2OCC3CC32)nc2n1CC[C@@H](C(F)(F)F)N2CC1CCOCC1.[HH]. The van der Waals surface area contributed by atoms with E-state index in [0.717, 1.165) is 6.61 Å². The van der Waals surface area contributed by atoms with E-state index in [1.165, 1.54) is 22.0 Å². The van der Waals surface area contributed by atoms with Crippen molar-refractivity contribution < 1.29 is 24.1 Å². The molecule has 30 heavy (non-hydrogen) atoms. The highest BCUT2D eigenvalue weighted by Gasteiger charge is 2.49. The van der Waals surface area contributed by atoms with Gasteiger partial charge in [-0.15, -0.1) is 0 Å². The van der Waals surface area contributed by atoms with E-state index >= 15 is 0 Å². The van der Waals surface area contributed by atoms with Crippen molar-refractivity contribution in [1.29, 1.82) is 0 Å². The van der Waals surface area contributed by atoms with Gasteiger partial charge < -0.3 is 19.7 Å². The highest BCUT2D eigenvalue weighted by molar-refractivity contribution is 5.45. The van der Waals surface area contributed by atoms with Crippen molar-refractivity contribution in [2.45, 2.75) is 50.6 Å². The van der Waals surface area contributed by atoms with Crippen molar-refractivity contribution in [3.8, 4) is 0 Å². The van der Waals surface area contributed by atoms with Gasteiger partial charge in [0.1, 0.15) is 11.9 Å². The van der Waals surface area contributed by atoms with Crippen LogP contribution in [-0.4, -0.2) is 60.8 Å². The van der Waals surface area contributed by atoms with Gasteiger partial charge in [0.05, 0.1) is 12.7 Å². The van der Waals surface area contributed by atoms with Crippen LogP contribution in [0.1, 0.15) is 27.1 Å². The van der Waals surface area contributed by atoms with Gasteiger partial charge in [-0.05, 0) is 43.4 Å². The lowest BCUT2D eigenvalue weighted by atomic mass is 9.98. The minimum absolute atomic E-state index is 0. The number of ether oxygens (including phenoxy) is 2. The van der Waals surface area contributed by atoms with Gasteiger partial charge in [0, 0.05) is 40.3 Å². The van der Waals surface area contributed by atoms with Crippen LogP contribution in [0.5, 0.6) is 0 Å². The zero-order chi connectivity index (χ0) is 20.9. The summed E-state index contributed by atoms with van der Waals surface area (Å²) < 4.78 is 53.9. The first kappa shape index (κ1) is 20.1. The summed E-state index contributed by atoms with van der Waals surface area (Å²) in [5.74, 6) is 1.71. The molecule has 2 saturated heterocycles. The van der Waals surface area contributed by atoms with Crippen LogP contribution in [0.3, 0.4) is 0 Å². The molecule has 0 radical (unpaired) electrons. The Morgan fingerprint density at radius 3 is 2.73 bits per heavy atom. The van der Waals surface area contributed by atoms with Crippen LogP contribution in [-0.2, 0) is 16.0 Å². The molecule has 0 spiro atoms. The molecular formula is C20H29F3N4O3. The fourth-order valence-electron chi connectivity index (χ4n) is 5.02. The highest BCUT2D eigenvalue weighted by atomic mass is 19.4. The maximum atomic E-state index is 13.8. The summed E-state index contributed by atoms with van der Waals surface area (Å²) in [6.45, 7) is 2.63. The first-order valence-corrected chi connectivity index (χ1v) is 10.8. The lowest BCUT2D eigenvalue weighted by Crippen LogP contribution is -2.54. The Balaban J connectivity index is 0.00000231. The molecular weight excluding hydrogens is 401 g/mol. The molecule has 4 atom stereocenters. The fourth-order valence-corrected chi connectivity index (χ4v) is 5.02. The van der Waals surface area contributed by atoms with E-state index < -0.39 is 12.2 Å². The largest absolute Gasteiger partial charge is 0.408 e. The molecule has 1 N–H and O–H groups in total. The molecule has 1 aliphatic carbocycles. The molecule has 10 heteroatoms. The third kappa shape index (κ3) is 3.91. The number of hydrogen-bond acceptors (Lipinski definition) is 6. The van der Waals surface area contributed by atoms with Gasteiger partial charge in [0.2, 0.25) is 5.95 Å². The van der Waals surface area contributed by atoms with Crippen molar-refractivity contribution in [2.24, 2.45) is 17.8 Å². The normalized spacial score (nSPS) is 31.4. The molecule has 0 amide bonds. The van der Waals surface area contributed by atoms with E-state index in [0.29, 0.717) is 50.3 Å². The van der Waals surface area contributed by atoms with Crippen LogP contribution in [0.25, 0.3) is 0 Å². The number of fused-ring (bicyclic) bond motifs is 2. The zero-order valence-electron chi connectivity index (χ0n) is 16.7. The number of anilines is 2. The molecule has 5 rings (SSSR count). The summed E-state index contributed by atoms with van der Waals surface area (Å²) in [4.78, 5) is 18.4.